The van der Waals surface area contributed by atoms with E-state index in [1.807, 2.05) is 0 Å². The van der Waals surface area contributed by atoms with Crippen LogP contribution in [0.4, 0.5) is 0 Å². The minimum Gasteiger partial charge on any atom is -1.00 e. The van der Waals surface area contributed by atoms with Crippen molar-refractivity contribution in [3.8, 4) is 0 Å². The van der Waals surface area contributed by atoms with E-state index < -0.39 is 0 Å². The molecule has 0 saturated carbocycles. The number of halogens is 2. The molecule has 0 unspecified atom stereocenters. The smallest absolute Gasteiger partial charge is 0.244 e. The van der Waals surface area contributed by atoms with Gasteiger partial charge in [0.05, 0.1) is 28.2 Å². The molecule has 0 aliphatic heterocycles. The van der Waals surface area contributed by atoms with Gasteiger partial charge in [-0.3, -0.25) is 0 Å². The summed E-state index contributed by atoms with van der Waals surface area (Å²) in [6.45, 7) is 0. The quantitative estimate of drug-likeness (QED) is 0.215. The standard InChI is InChI=1S/C12H16N4.2HI.2H2O/c1-13-7-14(2)10-6-12-11(5-9(10)13)15(3)8-16(12)4;;;;/h5-8H,1-4H3;2*1H;2*1H2/q+2;;;;/p-2. The maximum Gasteiger partial charge on any atom is 0.244 e. The van der Waals surface area contributed by atoms with Gasteiger partial charge in [-0.2, -0.15) is 0 Å². The molecule has 3 rings (SSSR count). The van der Waals surface area contributed by atoms with E-state index in [0.717, 1.165) is 0 Å². The molecular weight excluding hydrogens is 486 g/mol. The van der Waals surface area contributed by atoms with Crippen LogP contribution >= 0.6 is 0 Å². The average Bonchev–Trinajstić information content (AvgIpc) is 2.67. The van der Waals surface area contributed by atoms with E-state index in [2.05, 4.69) is 71.2 Å². The molecule has 0 bridgehead atoms. The zero-order valence-electron chi connectivity index (χ0n) is 11.9. The fourth-order valence-corrected chi connectivity index (χ4v) is 2.45. The second-order valence-corrected chi connectivity index (χ2v) is 4.50. The molecule has 0 amide bonds. The highest BCUT2D eigenvalue weighted by Gasteiger charge is 2.18. The van der Waals surface area contributed by atoms with Crippen molar-refractivity contribution in [3.05, 3.63) is 24.8 Å². The van der Waals surface area contributed by atoms with E-state index in [9.17, 15) is 0 Å². The van der Waals surface area contributed by atoms with Crippen molar-refractivity contribution in [1.29, 1.82) is 0 Å². The Hall–Kier alpha value is -0.460. The van der Waals surface area contributed by atoms with Gasteiger partial charge in [0, 0.05) is 12.1 Å². The largest absolute Gasteiger partial charge is 1.00 e. The van der Waals surface area contributed by atoms with Gasteiger partial charge in [-0.1, -0.05) is 0 Å². The van der Waals surface area contributed by atoms with Crippen LogP contribution in [0.1, 0.15) is 0 Å². The molecule has 2 heterocycles. The van der Waals surface area contributed by atoms with Crippen molar-refractivity contribution < 1.29 is 68.0 Å². The fourth-order valence-electron chi connectivity index (χ4n) is 2.45. The third-order valence-electron chi connectivity index (χ3n) is 3.28. The molecule has 1 aromatic carbocycles. The molecule has 3 aromatic rings. The molecule has 0 aliphatic rings. The van der Waals surface area contributed by atoms with Crippen LogP contribution in [0.15, 0.2) is 24.8 Å². The summed E-state index contributed by atoms with van der Waals surface area (Å²) >= 11 is 0. The average molecular weight is 506 g/mol. The highest BCUT2D eigenvalue weighted by atomic mass is 127. The monoisotopic (exact) mass is 506 g/mol. The number of imidazole rings is 2. The Morgan fingerprint density at radius 2 is 1.10 bits per heavy atom. The van der Waals surface area contributed by atoms with Gasteiger partial charge in [-0.25, -0.2) is 18.3 Å². The lowest BCUT2D eigenvalue weighted by Crippen LogP contribution is -3.00. The summed E-state index contributed by atoms with van der Waals surface area (Å²) in [5, 5.41) is 0. The maximum atomic E-state index is 2.24. The van der Waals surface area contributed by atoms with Gasteiger partial charge >= 0.3 is 0 Å². The molecule has 2 aromatic heterocycles. The van der Waals surface area contributed by atoms with E-state index in [1.165, 1.54) is 22.1 Å². The van der Waals surface area contributed by atoms with Crippen LogP contribution in [0.3, 0.4) is 0 Å². The van der Waals surface area contributed by atoms with Gasteiger partial charge in [-0.05, 0) is 0 Å². The first-order chi connectivity index (χ1) is 7.58. The van der Waals surface area contributed by atoms with Gasteiger partial charge < -0.3 is 58.9 Å². The van der Waals surface area contributed by atoms with Crippen molar-refractivity contribution in [1.82, 2.24) is 9.13 Å². The van der Waals surface area contributed by atoms with E-state index in [-0.39, 0.29) is 58.9 Å². The molecule has 6 nitrogen and oxygen atoms in total. The molecule has 8 heteroatoms. The summed E-state index contributed by atoms with van der Waals surface area (Å²) in [4.78, 5) is 0. The third kappa shape index (κ3) is 3.07. The summed E-state index contributed by atoms with van der Waals surface area (Å²) in [5.41, 5.74) is 5.04. The molecule has 0 atom stereocenters. The molecule has 0 radical (unpaired) electrons. The Balaban J connectivity index is 0. The van der Waals surface area contributed by atoms with Gasteiger partial charge in [0.25, 0.3) is 0 Å². The number of nitrogens with zero attached hydrogens (tertiary/aromatic N) is 4. The highest BCUT2D eigenvalue weighted by Crippen LogP contribution is 2.17. The lowest BCUT2D eigenvalue weighted by atomic mass is 10.2. The van der Waals surface area contributed by atoms with Crippen molar-refractivity contribution in [3.63, 3.8) is 0 Å². The SMILES string of the molecule is Cn1c[n+](C)c2cc3c(cc21)n(C)c[n+]3C.O.O.[I-].[I-]. The molecule has 0 fully saturated rings. The lowest BCUT2D eigenvalue weighted by Gasteiger charge is -1.90. The minimum absolute atomic E-state index is 0. The second kappa shape index (κ2) is 7.52. The van der Waals surface area contributed by atoms with Crippen molar-refractivity contribution in [2.45, 2.75) is 0 Å². The van der Waals surface area contributed by atoms with Gasteiger partial charge in [-0.15, -0.1) is 0 Å². The van der Waals surface area contributed by atoms with Gasteiger partial charge in [0.2, 0.25) is 12.7 Å². The second-order valence-electron chi connectivity index (χ2n) is 4.50. The Morgan fingerprint density at radius 3 is 1.45 bits per heavy atom. The first-order valence-electron chi connectivity index (χ1n) is 5.37. The van der Waals surface area contributed by atoms with Crippen molar-refractivity contribution in [2.24, 2.45) is 28.2 Å². The molecular formula is C12H20I2N4O2. The molecule has 114 valence electrons. The minimum atomic E-state index is 0. The van der Waals surface area contributed by atoms with Crippen LogP contribution in [0.5, 0.6) is 0 Å². The van der Waals surface area contributed by atoms with E-state index >= 15 is 0 Å². The van der Waals surface area contributed by atoms with Gasteiger partial charge in [0.15, 0.2) is 22.1 Å². The molecule has 0 spiro atoms. The van der Waals surface area contributed by atoms with Crippen LogP contribution in [-0.2, 0) is 28.2 Å². The van der Waals surface area contributed by atoms with Gasteiger partial charge in [0.1, 0.15) is 0 Å². The van der Waals surface area contributed by atoms with Crippen LogP contribution in [0.25, 0.3) is 22.1 Å². The summed E-state index contributed by atoms with van der Waals surface area (Å²) < 4.78 is 8.62. The summed E-state index contributed by atoms with van der Waals surface area (Å²) in [5.74, 6) is 0. The van der Waals surface area contributed by atoms with Crippen LogP contribution in [0, 0.1) is 0 Å². The number of benzene rings is 1. The highest BCUT2D eigenvalue weighted by molar-refractivity contribution is 5.88. The number of aromatic nitrogens is 4. The molecule has 20 heavy (non-hydrogen) atoms. The number of hydrogen-bond acceptors (Lipinski definition) is 0. The van der Waals surface area contributed by atoms with Crippen molar-refractivity contribution in [2.75, 3.05) is 0 Å². The van der Waals surface area contributed by atoms with Crippen molar-refractivity contribution >= 4 is 22.1 Å². The Kier molecular flexibility index (Phi) is 8.21. The number of fused-ring (bicyclic) bond motifs is 2. The van der Waals surface area contributed by atoms with Crippen LogP contribution < -0.4 is 57.1 Å². The van der Waals surface area contributed by atoms with E-state index in [4.69, 9.17) is 0 Å². The first-order valence-corrected chi connectivity index (χ1v) is 5.37. The first kappa shape index (κ1) is 21.8. The summed E-state index contributed by atoms with van der Waals surface area (Å²) in [6, 6.07) is 4.48. The van der Waals surface area contributed by atoms with E-state index in [1.54, 1.807) is 0 Å². The zero-order chi connectivity index (χ0) is 11.4. The number of rotatable bonds is 0. The fraction of sp³-hybridized carbons (Fsp3) is 0.333. The predicted molar refractivity (Wildman–Crippen MR) is 69.0 cm³/mol. The maximum absolute atomic E-state index is 2.24. The molecule has 4 N–H and O–H groups in total. The summed E-state index contributed by atoms with van der Waals surface area (Å²) in [7, 11) is 8.32. The molecule has 0 aliphatic carbocycles. The third-order valence-corrected chi connectivity index (χ3v) is 3.28. The Labute approximate surface area is 151 Å². The van der Waals surface area contributed by atoms with E-state index in [0.29, 0.717) is 0 Å². The Bertz CT molecular complexity index is 606. The lowest BCUT2D eigenvalue weighted by molar-refractivity contribution is -0.649. The van der Waals surface area contributed by atoms with Crippen LogP contribution in [0.2, 0.25) is 0 Å². The Morgan fingerprint density at radius 1 is 0.750 bits per heavy atom. The number of aryl methyl sites for hydroxylation is 4. The zero-order valence-corrected chi connectivity index (χ0v) is 16.2. The topological polar surface area (TPSA) is 80.6 Å². The van der Waals surface area contributed by atoms with Crippen LogP contribution in [-0.4, -0.2) is 20.1 Å². The normalized spacial score (nSPS) is 9.40. The predicted octanol–water partition coefficient (Wildman–Crippen LogP) is -7.32. The number of hydrogen-bond donors (Lipinski definition) is 0. The molecule has 0 saturated heterocycles. The summed E-state index contributed by atoms with van der Waals surface area (Å²) in [6.07, 6.45) is 4.20.